The smallest absolute Gasteiger partial charge is 0.0769 e. The Morgan fingerprint density at radius 1 is 1.44 bits per heavy atom. The molecule has 16 heavy (non-hydrogen) atoms. The SMILES string of the molecule is C#CC(C)(C)N1CC(CC)(CC)NCC1C. The fourth-order valence-electron chi connectivity index (χ4n) is 2.57. The molecule has 0 saturated carbocycles. The van der Waals surface area contributed by atoms with Gasteiger partial charge in [-0.25, -0.2) is 0 Å². The summed E-state index contributed by atoms with van der Waals surface area (Å²) in [7, 11) is 0. The maximum absolute atomic E-state index is 5.66. The topological polar surface area (TPSA) is 15.3 Å². The van der Waals surface area contributed by atoms with E-state index in [-0.39, 0.29) is 11.1 Å². The van der Waals surface area contributed by atoms with E-state index >= 15 is 0 Å². The molecule has 1 heterocycles. The Balaban J connectivity index is 2.89. The lowest BCUT2D eigenvalue weighted by Crippen LogP contribution is -2.67. The molecule has 1 unspecified atom stereocenters. The van der Waals surface area contributed by atoms with Crippen LogP contribution in [-0.2, 0) is 0 Å². The molecule has 0 bridgehead atoms. The summed E-state index contributed by atoms with van der Waals surface area (Å²) < 4.78 is 0. The van der Waals surface area contributed by atoms with Crippen LogP contribution in [0.15, 0.2) is 0 Å². The van der Waals surface area contributed by atoms with Gasteiger partial charge in [0.05, 0.1) is 5.54 Å². The number of piperazine rings is 1. The van der Waals surface area contributed by atoms with Crippen molar-refractivity contribution in [2.75, 3.05) is 13.1 Å². The molecule has 2 nitrogen and oxygen atoms in total. The fraction of sp³-hybridized carbons (Fsp3) is 0.857. The minimum Gasteiger partial charge on any atom is -0.308 e. The minimum atomic E-state index is -0.142. The number of hydrogen-bond donors (Lipinski definition) is 1. The highest BCUT2D eigenvalue weighted by atomic mass is 15.3. The summed E-state index contributed by atoms with van der Waals surface area (Å²) in [6.45, 7) is 13.1. The van der Waals surface area contributed by atoms with E-state index in [0.29, 0.717) is 6.04 Å². The molecule has 0 aliphatic carbocycles. The number of nitrogens with zero attached hydrogens (tertiary/aromatic N) is 1. The van der Waals surface area contributed by atoms with Gasteiger partial charge < -0.3 is 5.32 Å². The van der Waals surface area contributed by atoms with Crippen molar-refractivity contribution in [3.8, 4) is 12.3 Å². The van der Waals surface area contributed by atoms with Crippen LogP contribution >= 0.6 is 0 Å². The van der Waals surface area contributed by atoms with E-state index in [9.17, 15) is 0 Å². The van der Waals surface area contributed by atoms with E-state index < -0.39 is 0 Å². The minimum absolute atomic E-state index is 0.142. The van der Waals surface area contributed by atoms with Gasteiger partial charge in [-0.1, -0.05) is 19.8 Å². The Labute approximate surface area is 101 Å². The molecule has 0 amide bonds. The van der Waals surface area contributed by atoms with Crippen LogP contribution in [0.3, 0.4) is 0 Å². The van der Waals surface area contributed by atoms with Gasteiger partial charge in [-0.2, -0.15) is 0 Å². The molecular formula is C14H26N2. The van der Waals surface area contributed by atoms with Crippen molar-refractivity contribution in [1.29, 1.82) is 0 Å². The molecule has 0 aromatic heterocycles. The summed E-state index contributed by atoms with van der Waals surface area (Å²) in [5, 5.41) is 3.70. The third-order valence-corrected chi connectivity index (χ3v) is 4.20. The van der Waals surface area contributed by atoms with Crippen LogP contribution in [-0.4, -0.2) is 35.1 Å². The first-order chi connectivity index (χ1) is 7.40. The lowest BCUT2D eigenvalue weighted by atomic mass is 9.86. The summed E-state index contributed by atoms with van der Waals surface area (Å²) in [6.07, 6.45) is 7.98. The molecule has 0 radical (unpaired) electrons. The fourth-order valence-corrected chi connectivity index (χ4v) is 2.57. The second kappa shape index (κ2) is 4.77. The molecule has 1 fully saturated rings. The number of terminal acetylenes is 1. The second-order valence-electron chi connectivity index (χ2n) is 5.55. The van der Waals surface area contributed by atoms with Gasteiger partial charge in [-0.3, -0.25) is 4.90 Å². The standard InChI is InChI=1S/C14H26N2/c1-7-13(5,6)16-11-14(8-2,9-3)15-10-12(16)4/h1,12,15H,8-11H2,2-6H3. The molecule has 1 N–H and O–H groups in total. The summed E-state index contributed by atoms with van der Waals surface area (Å²) in [5.41, 5.74) is 0.109. The predicted octanol–water partition coefficient (Wildman–Crippen LogP) is 2.25. The first-order valence-corrected chi connectivity index (χ1v) is 6.40. The van der Waals surface area contributed by atoms with Crippen molar-refractivity contribution >= 4 is 0 Å². The van der Waals surface area contributed by atoms with Gasteiger partial charge in [-0.05, 0) is 33.6 Å². The maximum atomic E-state index is 5.66. The quantitative estimate of drug-likeness (QED) is 0.737. The van der Waals surface area contributed by atoms with Crippen LogP contribution in [0.5, 0.6) is 0 Å². The van der Waals surface area contributed by atoms with Crippen molar-refractivity contribution in [1.82, 2.24) is 10.2 Å². The van der Waals surface area contributed by atoms with Gasteiger partial charge in [0, 0.05) is 24.7 Å². The zero-order valence-electron chi connectivity index (χ0n) is 11.4. The highest BCUT2D eigenvalue weighted by molar-refractivity contribution is 5.12. The summed E-state index contributed by atoms with van der Waals surface area (Å²) in [5.74, 6) is 2.93. The van der Waals surface area contributed by atoms with Crippen molar-refractivity contribution < 1.29 is 0 Å². The second-order valence-corrected chi connectivity index (χ2v) is 5.55. The summed E-state index contributed by atoms with van der Waals surface area (Å²) in [6, 6.07) is 0.511. The average molecular weight is 222 g/mol. The van der Waals surface area contributed by atoms with Crippen molar-refractivity contribution in [3.05, 3.63) is 0 Å². The van der Waals surface area contributed by atoms with Crippen molar-refractivity contribution in [3.63, 3.8) is 0 Å². The van der Waals surface area contributed by atoms with Crippen molar-refractivity contribution in [2.45, 2.75) is 64.6 Å². The number of hydrogen-bond acceptors (Lipinski definition) is 2. The van der Waals surface area contributed by atoms with Crippen LogP contribution < -0.4 is 5.32 Å². The van der Waals surface area contributed by atoms with Gasteiger partial charge in [0.2, 0.25) is 0 Å². The molecule has 1 aliphatic heterocycles. The summed E-state index contributed by atoms with van der Waals surface area (Å²) >= 11 is 0. The molecule has 1 saturated heterocycles. The molecule has 92 valence electrons. The number of nitrogens with one attached hydrogen (secondary N) is 1. The molecule has 1 atom stereocenters. The van der Waals surface area contributed by atoms with Gasteiger partial charge >= 0.3 is 0 Å². The Morgan fingerprint density at radius 2 is 2.00 bits per heavy atom. The average Bonchev–Trinajstić information content (AvgIpc) is 2.30. The van der Waals surface area contributed by atoms with Crippen LogP contribution in [0.2, 0.25) is 0 Å². The van der Waals surface area contributed by atoms with Gasteiger partial charge in [0.1, 0.15) is 0 Å². The van der Waals surface area contributed by atoms with E-state index in [4.69, 9.17) is 6.42 Å². The van der Waals surface area contributed by atoms with E-state index in [1.54, 1.807) is 0 Å². The normalized spacial score (nSPS) is 26.4. The lowest BCUT2D eigenvalue weighted by Gasteiger charge is -2.51. The molecule has 0 aromatic rings. The van der Waals surface area contributed by atoms with E-state index in [1.807, 2.05) is 0 Å². The zero-order valence-corrected chi connectivity index (χ0v) is 11.4. The van der Waals surface area contributed by atoms with Crippen LogP contribution in [0, 0.1) is 12.3 Å². The van der Waals surface area contributed by atoms with Gasteiger partial charge in [-0.15, -0.1) is 6.42 Å². The predicted molar refractivity (Wildman–Crippen MR) is 70.4 cm³/mol. The Kier molecular flexibility index (Phi) is 4.04. The van der Waals surface area contributed by atoms with Gasteiger partial charge in [0.15, 0.2) is 0 Å². The summed E-state index contributed by atoms with van der Waals surface area (Å²) in [4.78, 5) is 2.47. The van der Waals surface area contributed by atoms with Crippen LogP contribution in [0.1, 0.15) is 47.5 Å². The first-order valence-electron chi connectivity index (χ1n) is 6.40. The third-order valence-electron chi connectivity index (χ3n) is 4.20. The van der Waals surface area contributed by atoms with E-state index in [2.05, 4.69) is 50.8 Å². The third kappa shape index (κ3) is 2.42. The maximum Gasteiger partial charge on any atom is 0.0769 e. The monoisotopic (exact) mass is 222 g/mol. The largest absolute Gasteiger partial charge is 0.308 e. The highest BCUT2D eigenvalue weighted by Gasteiger charge is 2.40. The Bertz CT molecular complexity index is 271. The molecule has 1 aliphatic rings. The lowest BCUT2D eigenvalue weighted by molar-refractivity contribution is 0.0295. The molecule has 2 heteroatoms. The highest BCUT2D eigenvalue weighted by Crippen LogP contribution is 2.28. The van der Waals surface area contributed by atoms with E-state index in [1.165, 1.54) is 0 Å². The zero-order chi connectivity index (χ0) is 12.4. The molecule has 1 rings (SSSR count). The first kappa shape index (κ1) is 13.5. The molecular weight excluding hydrogens is 196 g/mol. The van der Waals surface area contributed by atoms with Crippen LogP contribution in [0.4, 0.5) is 0 Å². The van der Waals surface area contributed by atoms with E-state index in [0.717, 1.165) is 25.9 Å². The van der Waals surface area contributed by atoms with Crippen LogP contribution in [0.25, 0.3) is 0 Å². The molecule has 0 aromatic carbocycles. The Morgan fingerprint density at radius 3 is 2.44 bits per heavy atom. The Hall–Kier alpha value is -0.520. The number of rotatable bonds is 3. The van der Waals surface area contributed by atoms with Gasteiger partial charge in [0.25, 0.3) is 0 Å². The van der Waals surface area contributed by atoms with Crippen molar-refractivity contribution in [2.24, 2.45) is 0 Å². The molecule has 0 spiro atoms.